The first-order valence-corrected chi connectivity index (χ1v) is 3.70. The molecule has 4 N–H and O–H groups in total. The maximum absolute atomic E-state index is 10.8. The molecule has 0 fully saturated rings. The molecule has 1 rings (SSSR count). The van der Waals surface area contributed by atoms with E-state index in [2.05, 4.69) is 20.3 Å². The maximum Gasteiger partial charge on any atom is 0.335 e. The number of nitrogens with one attached hydrogen (secondary N) is 2. The fourth-order valence-corrected chi connectivity index (χ4v) is 0.742. The Morgan fingerprint density at radius 2 is 2.14 bits per heavy atom. The summed E-state index contributed by atoms with van der Waals surface area (Å²) in [5, 5.41) is 2.29. The van der Waals surface area contributed by atoms with Gasteiger partial charge in [0.2, 0.25) is 5.95 Å². The third kappa shape index (κ3) is 2.52. The van der Waals surface area contributed by atoms with Gasteiger partial charge in [-0.15, -0.1) is 0 Å². The van der Waals surface area contributed by atoms with Crippen LogP contribution in [0.1, 0.15) is 5.82 Å². The topological polar surface area (TPSA) is 115 Å². The zero-order chi connectivity index (χ0) is 10.6. The molecule has 0 radical (unpaired) electrons. The minimum absolute atomic E-state index is 0.0808. The molecule has 1 heterocycles. The summed E-state index contributed by atoms with van der Waals surface area (Å²) in [5.74, 6) is 5.38. The molecule has 0 aliphatic rings. The van der Waals surface area contributed by atoms with Gasteiger partial charge in [0.25, 0.3) is 0 Å². The summed E-state index contributed by atoms with van der Waals surface area (Å²) in [7, 11) is 1.42. The Morgan fingerprint density at radius 3 is 2.71 bits per heavy atom. The van der Waals surface area contributed by atoms with E-state index in [1.165, 1.54) is 7.11 Å². The van der Waals surface area contributed by atoms with Crippen molar-refractivity contribution in [3.63, 3.8) is 0 Å². The molecule has 1 aromatic heterocycles. The predicted octanol–water partition coefficient (Wildman–Crippen LogP) is -0.816. The summed E-state index contributed by atoms with van der Waals surface area (Å²) < 4.78 is 4.79. The highest BCUT2D eigenvalue weighted by molar-refractivity contribution is 5.86. The molecule has 8 heteroatoms. The Kier molecular flexibility index (Phi) is 3.13. The van der Waals surface area contributed by atoms with Crippen molar-refractivity contribution >= 4 is 12.0 Å². The van der Waals surface area contributed by atoms with Crippen molar-refractivity contribution in [1.82, 2.24) is 20.4 Å². The molecule has 14 heavy (non-hydrogen) atoms. The van der Waals surface area contributed by atoms with Crippen molar-refractivity contribution in [1.29, 1.82) is 0 Å². The monoisotopic (exact) mass is 198 g/mol. The first-order valence-electron chi connectivity index (χ1n) is 3.70. The van der Waals surface area contributed by atoms with Crippen LogP contribution in [0, 0.1) is 6.92 Å². The molecule has 0 atom stereocenters. The third-order valence-corrected chi connectivity index (χ3v) is 1.27. The van der Waals surface area contributed by atoms with Crippen LogP contribution < -0.4 is 21.3 Å². The Balaban J connectivity index is 2.86. The van der Waals surface area contributed by atoms with E-state index in [1.54, 1.807) is 6.92 Å². The molecule has 0 unspecified atom stereocenters. The van der Waals surface area contributed by atoms with Crippen LogP contribution >= 0.6 is 0 Å². The number of nitrogens with zero attached hydrogens (tertiary/aromatic N) is 3. The first-order chi connectivity index (χ1) is 6.65. The first kappa shape index (κ1) is 10.1. The van der Waals surface area contributed by atoms with E-state index in [4.69, 9.17) is 10.6 Å². The van der Waals surface area contributed by atoms with Crippen molar-refractivity contribution < 1.29 is 9.53 Å². The summed E-state index contributed by atoms with van der Waals surface area (Å²) in [6.07, 6.45) is 0. The summed E-state index contributed by atoms with van der Waals surface area (Å²) in [4.78, 5) is 22.2. The zero-order valence-electron chi connectivity index (χ0n) is 7.74. The van der Waals surface area contributed by atoms with Gasteiger partial charge in [-0.1, -0.05) is 0 Å². The molecular weight excluding hydrogens is 188 g/mol. The lowest BCUT2D eigenvalue weighted by Gasteiger charge is -2.04. The van der Waals surface area contributed by atoms with Crippen LogP contribution in [0.25, 0.3) is 0 Å². The summed E-state index contributed by atoms with van der Waals surface area (Å²) in [5.41, 5.74) is 1.88. The molecule has 0 aliphatic carbocycles. The molecule has 76 valence electrons. The quantitative estimate of drug-likeness (QED) is 0.325. The average Bonchev–Trinajstić information content (AvgIpc) is 2.16. The minimum Gasteiger partial charge on any atom is -0.467 e. The number of ether oxygens (including phenoxy) is 1. The summed E-state index contributed by atoms with van der Waals surface area (Å²) in [6, 6.07) is -0.484. The van der Waals surface area contributed by atoms with Gasteiger partial charge in [-0.05, 0) is 6.92 Å². The van der Waals surface area contributed by atoms with Crippen LogP contribution in [0.15, 0.2) is 0 Å². The number of carbonyl (C=O) groups is 1. The smallest absolute Gasteiger partial charge is 0.335 e. The number of carbonyl (C=O) groups excluding carboxylic acids is 1. The lowest BCUT2D eigenvalue weighted by atomic mass is 10.7. The number of aryl methyl sites for hydroxylation is 1. The second kappa shape index (κ2) is 4.33. The highest BCUT2D eigenvalue weighted by atomic mass is 16.5. The van der Waals surface area contributed by atoms with Crippen molar-refractivity contribution in [2.45, 2.75) is 6.92 Å². The molecule has 0 aliphatic heterocycles. The van der Waals surface area contributed by atoms with E-state index in [1.807, 2.05) is 5.43 Å². The van der Waals surface area contributed by atoms with Crippen LogP contribution in [0.4, 0.5) is 10.7 Å². The number of anilines is 1. The molecule has 0 saturated carbocycles. The molecule has 0 bridgehead atoms. The van der Waals surface area contributed by atoms with Crippen LogP contribution in [-0.4, -0.2) is 28.1 Å². The highest BCUT2D eigenvalue weighted by Crippen LogP contribution is 2.05. The van der Waals surface area contributed by atoms with E-state index < -0.39 is 6.03 Å². The number of aromatic nitrogens is 3. The molecule has 0 spiro atoms. The van der Waals surface area contributed by atoms with Crippen LogP contribution in [0.5, 0.6) is 6.01 Å². The predicted molar refractivity (Wildman–Crippen MR) is 47.5 cm³/mol. The standard InChI is InChI=1S/C6H10N6O2/c1-3-8-4(10-5(13)12-7)11-6(9-3)14-2/h7H2,1-2H3,(H2,8,9,10,11,12,13). The molecule has 0 aromatic carbocycles. The van der Waals surface area contributed by atoms with Gasteiger partial charge in [-0.2, -0.15) is 15.0 Å². The number of hydrogen-bond acceptors (Lipinski definition) is 6. The van der Waals surface area contributed by atoms with Gasteiger partial charge in [0.15, 0.2) is 0 Å². The van der Waals surface area contributed by atoms with Gasteiger partial charge in [0, 0.05) is 0 Å². The van der Waals surface area contributed by atoms with Crippen molar-refractivity contribution in [3.05, 3.63) is 5.82 Å². The SMILES string of the molecule is COc1nc(C)nc(NC(=O)NN)n1. The lowest BCUT2D eigenvalue weighted by Crippen LogP contribution is -2.35. The normalized spacial score (nSPS) is 9.36. The summed E-state index contributed by atoms with van der Waals surface area (Å²) >= 11 is 0. The minimum atomic E-state index is -0.613. The van der Waals surface area contributed by atoms with Crippen LogP contribution in [-0.2, 0) is 0 Å². The molecule has 1 aromatic rings. The average molecular weight is 198 g/mol. The van der Waals surface area contributed by atoms with E-state index in [9.17, 15) is 4.79 Å². The third-order valence-electron chi connectivity index (χ3n) is 1.27. The maximum atomic E-state index is 10.8. The van der Waals surface area contributed by atoms with Gasteiger partial charge >= 0.3 is 12.0 Å². The number of hydrazine groups is 1. The van der Waals surface area contributed by atoms with Crippen molar-refractivity contribution in [2.75, 3.05) is 12.4 Å². The van der Waals surface area contributed by atoms with E-state index in [0.29, 0.717) is 5.82 Å². The molecule has 8 nitrogen and oxygen atoms in total. The molecule has 0 saturated heterocycles. The molecular formula is C6H10N6O2. The van der Waals surface area contributed by atoms with Crippen molar-refractivity contribution in [3.8, 4) is 6.01 Å². The Labute approximate surface area is 79.9 Å². The highest BCUT2D eigenvalue weighted by Gasteiger charge is 2.06. The number of urea groups is 1. The van der Waals surface area contributed by atoms with E-state index in [0.717, 1.165) is 0 Å². The Morgan fingerprint density at radius 1 is 1.43 bits per heavy atom. The number of rotatable bonds is 2. The Hall–Kier alpha value is -1.96. The van der Waals surface area contributed by atoms with E-state index >= 15 is 0 Å². The van der Waals surface area contributed by atoms with Gasteiger partial charge in [-0.3, -0.25) is 10.7 Å². The van der Waals surface area contributed by atoms with Gasteiger partial charge < -0.3 is 4.74 Å². The van der Waals surface area contributed by atoms with Crippen molar-refractivity contribution in [2.24, 2.45) is 5.84 Å². The second-order valence-electron chi connectivity index (χ2n) is 2.29. The lowest BCUT2D eigenvalue weighted by molar-refractivity contribution is 0.252. The number of hydrogen-bond donors (Lipinski definition) is 3. The largest absolute Gasteiger partial charge is 0.467 e. The van der Waals surface area contributed by atoms with Gasteiger partial charge in [-0.25, -0.2) is 10.6 Å². The van der Waals surface area contributed by atoms with E-state index in [-0.39, 0.29) is 12.0 Å². The fourth-order valence-electron chi connectivity index (χ4n) is 0.742. The van der Waals surface area contributed by atoms with Crippen LogP contribution in [0.2, 0.25) is 0 Å². The fraction of sp³-hybridized carbons (Fsp3) is 0.333. The number of methoxy groups -OCH3 is 1. The number of amides is 2. The van der Waals surface area contributed by atoms with Gasteiger partial charge in [0.05, 0.1) is 7.11 Å². The second-order valence-corrected chi connectivity index (χ2v) is 2.29. The number of nitrogens with two attached hydrogens (primary N) is 1. The summed E-state index contributed by atoms with van der Waals surface area (Å²) in [6.45, 7) is 1.65. The zero-order valence-corrected chi connectivity index (χ0v) is 7.74. The van der Waals surface area contributed by atoms with Gasteiger partial charge in [0.1, 0.15) is 5.82 Å². The van der Waals surface area contributed by atoms with Crippen LogP contribution in [0.3, 0.4) is 0 Å². The Bertz CT molecular complexity index is 341. The molecule has 2 amide bonds.